The van der Waals surface area contributed by atoms with E-state index in [2.05, 4.69) is 4.98 Å². The number of pyridine rings is 1. The van der Waals surface area contributed by atoms with Crippen LogP contribution in [0.3, 0.4) is 0 Å². The van der Waals surface area contributed by atoms with Crippen LogP contribution in [0, 0.1) is 0 Å². The predicted molar refractivity (Wildman–Crippen MR) is 77.4 cm³/mol. The average Bonchev–Trinajstić information content (AvgIpc) is 2.73. The van der Waals surface area contributed by atoms with Gasteiger partial charge in [-0.1, -0.05) is 11.6 Å². The van der Waals surface area contributed by atoms with E-state index < -0.39 is 9.84 Å². The molecule has 2 heterocycles. The topological polar surface area (TPSA) is 93.4 Å². The Morgan fingerprint density at radius 1 is 1.60 bits per heavy atom. The largest absolute Gasteiger partial charge is 0.397 e. The molecule has 2 N–H and O–H groups in total. The third kappa shape index (κ3) is 3.04. The number of hydrogen-bond acceptors (Lipinski definition) is 5. The van der Waals surface area contributed by atoms with Crippen LogP contribution < -0.4 is 5.73 Å². The van der Waals surface area contributed by atoms with Crippen LogP contribution in [-0.4, -0.2) is 48.3 Å². The van der Waals surface area contributed by atoms with Gasteiger partial charge < -0.3 is 10.6 Å². The van der Waals surface area contributed by atoms with E-state index in [0.29, 0.717) is 18.7 Å². The summed E-state index contributed by atoms with van der Waals surface area (Å²) in [5.74, 6) is -0.219. The Labute approximate surface area is 122 Å². The number of anilines is 1. The fourth-order valence-corrected chi connectivity index (χ4v) is 4.27. The van der Waals surface area contributed by atoms with Crippen molar-refractivity contribution >= 4 is 33.0 Å². The molecule has 1 atom stereocenters. The Bertz CT molecular complexity index is 633. The van der Waals surface area contributed by atoms with Gasteiger partial charge in [0.1, 0.15) is 5.15 Å². The molecule has 1 aromatic heterocycles. The minimum atomic E-state index is -3.05. The summed E-state index contributed by atoms with van der Waals surface area (Å²) < 4.78 is 23.1. The standard InChI is InChI=1S/C12H16ClN3O3S/c1-2-16(9-3-4-20(18,19)7-9)12(17)10-5-8(14)6-15-11(10)13/h5-6,9H,2-4,7,14H2,1H3. The molecule has 20 heavy (non-hydrogen) atoms. The summed E-state index contributed by atoms with van der Waals surface area (Å²) in [6, 6.07) is 1.15. The van der Waals surface area contributed by atoms with Crippen LogP contribution in [0.5, 0.6) is 0 Å². The maximum atomic E-state index is 12.5. The fourth-order valence-electron chi connectivity index (χ4n) is 2.36. The number of hydrogen-bond donors (Lipinski definition) is 1. The lowest BCUT2D eigenvalue weighted by Gasteiger charge is -2.27. The van der Waals surface area contributed by atoms with E-state index >= 15 is 0 Å². The van der Waals surface area contributed by atoms with Gasteiger partial charge in [0.05, 0.1) is 29.0 Å². The molecule has 0 radical (unpaired) electrons. The third-order valence-electron chi connectivity index (χ3n) is 3.34. The third-order valence-corrected chi connectivity index (χ3v) is 5.39. The molecular weight excluding hydrogens is 302 g/mol. The number of nitrogens with two attached hydrogens (primary N) is 1. The van der Waals surface area contributed by atoms with Crippen molar-refractivity contribution in [3.8, 4) is 0 Å². The van der Waals surface area contributed by atoms with Crippen LogP contribution in [-0.2, 0) is 9.84 Å². The van der Waals surface area contributed by atoms with Crippen LogP contribution in [0.2, 0.25) is 5.15 Å². The second-order valence-electron chi connectivity index (χ2n) is 4.76. The summed E-state index contributed by atoms with van der Waals surface area (Å²) in [7, 11) is -3.05. The van der Waals surface area contributed by atoms with Gasteiger partial charge in [-0.25, -0.2) is 13.4 Å². The first-order valence-corrected chi connectivity index (χ1v) is 8.46. The molecular formula is C12H16ClN3O3S. The van der Waals surface area contributed by atoms with Crippen molar-refractivity contribution in [3.05, 3.63) is 23.0 Å². The number of carbonyl (C=O) groups excluding carboxylic acids is 1. The van der Waals surface area contributed by atoms with Gasteiger partial charge in [0.25, 0.3) is 5.91 Å². The lowest BCUT2D eigenvalue weighted by molar-refractivity contribution is 0.0708. The molecule has 0 spiro atoms. The molecule has 1 amide bonds. The molecule has 0 aromatic carbocycles. The summed E-state index contributed by atoms with van der Waals surface area (Å²) in [5.41, 5.74) is 6.16. The Hall–Kier alpha value is -1.34. The van der Waals surface area contributed by atoms with Gasteiger partial charge in [-0.05, 0) is 19.4 Å². The Balaban J connectivity index is 2.28. The van der Waals surface area contributed by atoms with Gasteiger partial charge in [-0.3, -0.25) is 4.79 Å². The number of nitrogen functional groups attached to an aromatic ring is 1. The summed E-state index contributed by atoms with van der Waals surface area (Å²) in [5, 5.41) is 0.0727. The predicted octanol–water partition coefficient (Wildman–Crippen LogP) is 0.966. The number of nitrogens with zero attached hydrogens (tertiary/aromatic N) is 2. The maximum absolute atomic E-state index is 12.5. The first-order valence-electron chi connectivity index (χ1n) is 6.26. The van der Waals surface area contributed by atoms with Crippen molar-refractivity contribution in [2.45, 2.75) is 19.4 Å². The van der Waals surface area contributed by atoms with Crippen LogP contribution in [0.4, 0.5) is 5.69 Å². The molecule has 1 aliphatic rings. The minimum absolute atomic E-state index is 0.0000562. The van der Waals surface area contributed by atoms with E-state index in [1.165, 1.54) is 17.2 Å². The number of rotatable bonds is 3. The molecule has 1 aromatic rings. The SMILES string of the molecule is CCN(C(=O)c1cc(N)cnc1Cl)C1CCS(=O)(=O)C1. The highest BCUT2D eigenvalue weighted by molar-refractivity contribution is 7.91. The summed E-state index contributed by atoms with van der Waals surface area (Å²) in [4.78, 5) is 17.9. The lowest BCUT2D eigenvalue weighted by Crippen LogP contribution is -2.41. The van der Waals surface area contributed by atoms with Crippen LogP contribution >= 0.6 is 11.6 Å². The molecule has 0 aliphatic carbocycles. The number of carbonyl (C=O) groups is 1. The summed E-state index contributed by atoms with van der Waals surface area (Å²) >= 11 is 5.92. The van der Waals surface area contributed by atoms with Crippen molar-refractivity contribution in [3.63, 3.8) is 0 Å². The number of halogens is 1. The van der Waals surface area contributed by atoms with Gasteiger partial charge in [-0.2, -0.15) is 0 Å². The van der Waals surface area contributed by atoms with E-state index in [0.717, 1.165) is 0 Å². The van der Waals surface area contributed by atoms with Crippen molar-refractivity contribution in [1.29, 1.82) is 0 Å². The first kappa shape index (κ1) is 15.1. The minimum Gasteiger partial charge on any atom is -0.397 e. The second-order valence-corrected chi connectivity index (χ2v) is 7.34. The van der Waals surface area contributed by atoms with Crippen molar-refractivity contribution in [1.82, 2.24) is 9.88 Å². The smallest absolute Gasteiger partial charge is 0.257 e. The molecule has 1 aliphatic heterocycles. The highest BCUT2D eigenvalue weighted by Gasteiger charge is 2.34. The van der Waals surface area contributed by atoms with Gasteiger partial charge >= 0.3 is 0 Å². The summed E-state index contributed by atoms with van der Waals surface area (Å²) in [6.45, 7) is 2.21. The molecule has 110 valence electrons. The van der Waals surface area contributed by atoms with Crippen molar-refractivity contribution in [2.75, 3.05) is 23.8 Å². The van der Waals surface area contributed by atoms with Gasteiger partial charge in [-0.15, -0.1) is 0 Å². The Morgan fingerprint density at radius 3 is 2.85 bits per heavy atom. The maximum Gasteiger partial charge on any atom is 0.257 e. The van der Waals surface area contributed by atoms with E-state index in [-0.39, 0.29) is 34.2 Å². The molecule has 2 rings (SSSR count). The highest BCUT2D eigenvalue weighted by atomic mass is 35.5. The van der Waals surface area contributed by atoms with E-state index in [1.54, 1.807) is 6.92 Å². The highest BCUT2D eigenvalue weighted by Crippen LogP contribution is 2.23. The van der Waals surface area contributed by atoms with Crippen LogP contribution in [0.15, 0.2) is 12.3 Å². The van der Waals surface area contributed by atoms with Crippen molar-refractivity contribution < 1.29 is 13.2 Å². The fraction of sp³-hybridized carbons (Fsp3) is 0.500. The van der Waals surface area contributed by atoms with Gasteiger partial charge in [0.15, 0.2) is 9.84 Å². The zero-order valence-corrected chi connectivity index (χ0v) is 12.6. The zero-order chi connectivity index (χ0) is 14.9. The molecule has 6 nitrogen and oxygen atoms in total. The quantitative estimate of drug-likeness (QED) is 0.838. The molecule has 1 unspecified atom stereocenters. The molecule has 1 saturated heterocycles. The molecule has 8 heteroatoms. The monoisotopic (exact) mass is 317 g/mol. The first-order chi connectivity index (χ1) is 9.34. The normalized spacial score (nSPS) is 20.8. The van der Waals surface area contributed by atoms with Crippen LogP contribution in [0.1, 0.15) is 23.7 Å². The van der Waals surface area contributed by atoms with E-state index in [4.69, 9.17) is 17.3 Å². The van der Waals surface area contributed by atoms with E-state index in [1.807, 2.05) is 0 Å². The van der Waals surface area contributed by atoms with E-state index in [9.17, 15) is 13.2 Å². The average molecular weight is 318 g/mol. The van der Waals surface area contributed by atoms with Crippen LogP contribution in [0.25, 0.3) is 0 Å². The van der Waals surface area contributed by atoms with Gasteiger partial charge in [0, 0.05) is 12.6 Å². The number of amides is 1. The van der Waals surface area contributed by atoms with Crippen molar-refractivity contribution in [2.24, 2.45) is 0 Å². The molecule has 1 fully saturated rings. The number of sulfone groups is 1. The second kappa shape index (κ2) is 5.57. The Kier molecular flexibility index (Phi) is 4.19. The Morgan fingerprint density at radius 2 is 2.30 bits per heavy atom. The lowest BCUT2D eigenvalue weighted by atomic mass is 10.1. The molecule has 0 bridgehead atoms. The van der Waals surface area contributed by atoms with Gasteiger partial charge in [0.2, 0.25) is 0 Å². The summed E-state index contributed by atoms with van der Waals surface area (Å²) in [6.07, 6.45) is 1.82. The molecule has 0 saturated carbocycles. The zero-order valence-electron chi connectivity index (χ0n) is 11.0. The number of aromatic nitrogens is 1.